The summed E-state index contributed by atoms with van der Waals surface area (Å²) in [4.78, 5) is 10.9. The summed E-state index contributed by atoms with van der Waals surface area (Å²) in [5.41, 5.74) is 0.791. The quantitative estimate of drug-likeness (QED) is 0.630. The highest BCUT2D eigenvalue weighted by Crippen LogP contribution is 2.35. The number of esters is 1. The number of allylic oxidation sites excluding steroid dienone is 1. The highest BCUT2D eigenvalue weighted by molar-refractivity contribution is 9.28. The summed E-state index contributed by atoms with van der Waals surface area (Å²) >= 11 is 9.43. The highest BCUT2D eigenvalue weighted by atomic mass is 79.9. The number of ether oxygens (including phenoxy) is 1. The van der Waals surface area contributed by atoms with Crippen molar-refractivity contribution in [2.45, 2.75) is 6.92 Å². The molecule has 0 amide bonds. The van der Waals surface area contributed by atoms with Crippen molar-refractivity contribution >= 4 is 53.8 Å². The lowest BCUT2D eigenvalue weighted by Gasteiger charge is -1.96. The Morgan fingerprint density at radius 3 is 2.18 bits per heavy atom. The zero-order valence-electron chi connectivity index (χ0n) is 5.45. The van der Waals surface area contributed by atoms with Gasteiger partial charge in [-0.15, -0.1) is 0 Å². The van der Waals surface area contributed by atoms with E-state index in [4.69, 9.17) is 4.74 Å². The molecule has 0 saturated carbocycles. The lowest BCUT2D eigenvalue weighted by atomic mass is 10.3. The van der Waals surface area contributed by atoms with Gasteiger partial charge < -0.3 is 4.74 Å². The molecule has 0 saturated heterocycles. The van der Waals surface area contributed by atoms with Crippen LogP contribution in [-0.4, -0.2) is 5.97 Å². The molecule has 0 spiro atoms. The third kappa shape index (κ3) is 1.76. The Hall–Kier alpha value is 0.390. The number of carbonyl (C=O) groups is 1. The van der Waals surface area contributed by atoms with E-state index < -0.39 is 0 Å². The molecule has 1 aliphatic rings. The van der Waals surface area contributed by atoms with Gasteiger partial charge in [-0.25, -0.2) is 4.79 Å². The molecule has 1 rings (SSSR count). The predicted molar refractivity (Wildman–Crippen MR) is 52.6 cm³/mol. The second-order valence-corrected chi connectivity index (χ2v) is 5.36. The largest absolute Gasteiger partial charge is 0.420 e. The molecule has 0 atom stereocenters. The van der Waals surface area contributed by atoms with Crippen molar-refractivity contribution < 1.29 is 9.53 Å². The fraction of sp³-hybridized carbons (Fsp3) is 0.167. The molecule has 1 aliphatic heterocycles. The summed E-state index contributed by atoms with van der Waals surface area (Å²) in [6.07, 6.45) is 0. The van der Waals surface area contributed by atoms with E-state index in [2.05, 4.69) is 47.8 Å². The van der Waals surface area contributed by atoms with Crippen LogP contribution in [0.5, 0.6) is 0 Å². The summed E-state index contributed by atoms with van der Waals surface area (Å²) in [6, 6.07) is 0. The first-order chi connectivity index (χ1) is 5.04. The molecule has 60 valence electrons. The van der Waals surface area contributed by atoms with Crippen molar-refractivity contribution in [1.29, 1.82) is 0 Å². The van der Waals surface area contributed by atoms with Gasteiger partial charge in [0.05, 0.1) is 0 Å². The van der Waals surface area contributed by atoms with Crippen LogP contribution in [0.2, 0.25) is 0 Å². The molecule has 0 fully saturated rings. The van der Waals surface area contributed by atoms with Crippen LogP contribution in [0, 0.1) is 0 Å². The summed E-state index contributed by atoms with van der Waals surface area (Å²) in [7, 11) is 0. The molecule has 2 nitrogen and oxygen atoms in total. The number of cyclic esters (lactones) is 1. The predicted octanol–water partition coefficient (Wildman–Crippen LogP) is 3.17. The lowest BCUT2D eigenvalue weighted by Crippen LogP contribution is -1.93. The molecule has 11 heavy (non-hydrogen) atoms. The fourth-order valence-electron chi connectivity index (χ4n) is 0.647. The van der Waals surface area contributed by atoms with Crippen LogP contribution in [0.4, 0.5) is 0 Å². The maximum absolute atomic E-state index is 10.9. The minimum absolute atomic E-state index is 0.353. The van der Waals surface area contributed by atoms with Gasteiger partial charge in [0.2, 0.25) is 0 Å². The Morgan fingerprint density at radius 1 is 1.45 bits per heavy atom. The van der Waals surface area contributed by atoms with Crippen LogP contribution >= 0.6 is 47.8 Å². The van der Waals surface area contributed by atoms with E-state index in [1.165, 1.54) is 0 Å². The Balaban J connectivity index is 3.15. The first kappa shape index (κ1) is 9.48. The Bertz CT molecular complexity index is 274. The van der Waals surface area contributed by atoms with Crippen LogP contribution in [0.15, 0.2) is 19.2 Å². The van der Waals surface area contributed by atoms with Gasteiger partial charge in [0.1, 0.15) is 7.87 Å². The van der Waals surface area contributed by atoms with E-state index in [1.54, 1.807) is 6.92 Å². The van der Waals surface area contributed by atoms with Crippen LogP contribution in [0.1, 0.15) is 6.92 Å². The van der Waals surface area contributed by atoms with Crippen LogP contribution in [-0.2, 0) is 9.53 Å². The van der Waals surface area contributed by atoms with Gasteiger partial charge >= 0.3 is 5.97 Å². The SMILES string of the molecule is CC1=C(Br)C(=O)OC1=C(Br)Br. The molecule has 5 heteroatoms. The molecule has 0 bridgehead atoms. The molecular weight excluding hydrogens is 344 g/mol. The van der Waals surface area contributed by atoms with Gasteiger partial charge in [-0.2, -0.15) is 0 Å². The summed E-state index contributed by atoms with van der Waals surface area (Å²) in [6.45, 7) is 1.80. The van der Waals surface area contributed by atoms with Gasteiger partial charge in [0.25, 0.3) is 0 Å². The zero-order chi connectivity index (χ0) is 8.59. The molecule has 0 aromatic rings. The molecular formula is C6H3Br3O2. The average molecular weight is 347 g/mol. The smallest absolute Gasteiger partial charge is 0.351 e. The molecule has 0 aromatic heterocycles. The number of carbonyl (C=O) groups excluding carboxylic acids is 1. The summed E-state index contributed by atoms with van der Waals surface area (Å²) in [5, 5.41) is 0. The van der Waals surface area contributed by atoms with Crippen molar-refractivity contribution in [1.82, 2.24) is 0 Å². The van der Waals surface area contributed by atoms with Crippen molar-refractivity contribution in [3.63, 3.8) is 0 Å². The van der Waals surface area contributed by atoms with Crippen LogP contribution in [0.3, 0.4) is 0 Å². The normalized spacial score (nSPS) is 17.5. The topological polar surface area (TPSA) is 26.3 Å². The van der Waals surface area contributed by atoms with Gasteiger partial charge in [-0.3, -0.25) is 0 Å². The molecule has 0 aromatic carbocycles. The van der Waals surface area contributed by atoms with Gasteiger partial charge in [-0.1, -0.05) is 0 Å². The molecule has 0 unspecified atom stereocenters. The van der Waals surface area contributed by atoms with E-state index in [0.29, 0.717) is 13.6 Å². The van der Waals surface area contributed by atoms with E-state index in [1.807, 2.05) is 0 Å². The average Bonchev–Trinajstić information content (AvgIpc) is 2.17. The molecule has 0 radical (unpaired) electrons. The van der Waals surface area contributed by atoms with E-state index in [-0.39, 0.29) is 5.97 Å². The molecule has 0 N–H and O–H groups in total. The van der Waals surface area contributed by atoms with E-state index in [0.717, 1.165) is 5.57 Å². The number of hydrogen-bond donors (Lipinski definition) is 0. The maximum Gasteiger partial charge on any atom is 0.351 e. The zero-order valence-corrected chi connectivity index (χ0v) is 10.2. The fourth-order valence-corrected chi connectivity index (χ4v) is 1.66. The second kappa shape index (κ2) is 3.41. The summed E-state index contributed by atoms with van der Waals surface area (Å²) in [5.74, 6) is 0.177. The third-order valence-corrected chi connectivity index (χ3v) is 2.85. The monoisotopic (exact) mass is 344 g/mol. The number of halogens is 3. The second-order valence-electron chi connectivity index (χ2n) is 1.92. The highest BCUT2D eigenvalue weighted by Gasteiger charge is 2.26. The van der Waals surface area contributed by atoms with Gasteiger partial charge in [0, 0.05) is 5.57 Å². The first-order valence-corrected chi connectivity index (χ1v) is 5.06. The van der Waals surface area contributed by atoms with Crippen LogP contribution in [0.25, 0.3) is 0 Å². The van der Waals surface area contributed by atoms with E-state index >= 15 is 0 Å². The number of hydrogen-bond acceptors (Lipinski definition) is 2. The standard InChI is InChI=1S/C6H3Br3O2/c1-2-3(7)6(10)11-4(2)5(8)9/h1H3. The third-order valence-electron chi connectivity index (χ3n) is 1.22. The van der Waals surface area contributed by atoms with Crippen LogP contribution < -0.4 is 0 Å². The Kier molecular flexibility index (Phi) is 2.94. The van der Waals surface area contributed by atoms with Crippen molar-refractivity contribution in [2.75, 3.05) is 0 Å². The minimum atomic E-state index is -0.353. The Morgan fingerprint density at radius 2 is 2.00 bits per heavy atom. The van der Waals surface area contributed by atoms with E-state index in [9.17, 15) is 4.79 Å². The van der Waals surface area contributed by atoms with Crippen molar-refractivity contribution in [2.24, 2.45) is 0 Å². The molecule has 1 heterocycles. The van der Waals surface area contributed by atoms with Gasteiger partial charge in [-0.05, 0) is 54.7 Å². The first-order valence-electron chi connectivity index (χ1n) is 2.68. The minimum Gasteiger partial charge on any atom is -0.420 e. The Labute approximate surface area is 89.1 Å². The van der Waals surface area contributed by atoms with Gasteiger partial charge in [0.15, 0.2) is 5.76 Å². The lowest BCUT2D eigenvalue weighted by molar-refractivity contribution is -0.132. The maximum atomic E-state index is 10.9. The van der Waals surface area contributed by atoms with Crippen molar-refractivity contribution in [3.8, 4) is 0 Å². The number of rotatable bonds is 0. The summed E-state index contributed by atoms with van der Waals surface area (Å²) < 4.78 is 5.99. The molecule has 0 aliphatic carbocycles. The van der Waals surface area contributed by atoms with Crippen molar-refractivity contribution in [3.05, 3.63) is 19.2 Å².